The van der Waals surface area contributed by atoms with E-state index in [1.165, 1.54) is 39.2 Å². The van der Waals surface area contributed by atoms with Crippen LogP contribution in [0.5, 0.6) is 0 Å². The van der Waals surface area contributed by atoms with Gasteiger partial charge in [-0.2, -0.15) is 0 Å². The third kappa shape index (κ3) is 6.36. The molecule has 0 aromatic rings. The number of carbonyl (C=O) groups excluding carboxylic acids is 1. The van der Waals surface area contributed by atoms with Gasteiger partial charge in [0.2, 0.25) is 0 Å². The van der Waals surface area contributed by atoms with Gasteiger partial charge in [0.15, 0.2) is 0 Å². The van der Waals surface area contributed by atoms with Crippen molar-refractivity contribution >= 4 is 5.97 Å². The van der Waals surface area contributed by atoms with Crippen molar-refractivity contribution in [1.82, 2.24) is 4.90 Å². The van der Waals surface area contributed by atoms with E-state index in [2.05, 4.69) is 9.64 Å². The van der Waals surface area contributed by atoms with E-state index in [0.29, 0.717) is 6.42 Å². The molecule has 0 aromatic carbocycles. The average Bonchev–Trinajstić information content (AvgIpc) is 2.90. The van der Waals surface area contributed by atoms with Crippen LogP contribution in [-0.2, 0) is 14.3 Å². The summed E-state index contributed by atoms with van der Waals surface area (Å²) in [6, 6.07) is 0. The zero-order chi connectivity index (χ0) is 13.2. The Labute approximate surface area is 111 Å². The van der Waals surface area contributed by atoms with Gasteiger partial charge in [-0.05, 0) is 18.9 Å². The molecule has 1 aliphatic rings. The molecule has 0 aliphatic heterocycles. The second-order valence-electron chi connectivity index (χ2n) is 5.10. The van der Waals surface area contributed by atoms with E-state index >= 15 is 0 Å². The smallest absolute Gasteiger partial charge is 0.306 e. The maximum atomic E-state index is 11.2. The van der Waals surface area contributed by atoms with Crippen LogP contribution in [0.1, 0.15) is 38.5 Å². The third-order valence-electron chi connectivity index (χ3n) is 3.80. The molecule has 0 bridgehead atoms. The van der Waals surface area contributed by atoms with E-state index in [-0.39, 0.29) is 5.97 Å². The van der Waals surface area contributed by atoms with E-state index < -0.39 is 0 Å². The molecule has 4 heteroatoms. The van der Waals surface area contributed by atoms with E-state index in [0.717, 1.165) is 32.2 Å². The summed E-state index contributed by atoms with van der Waals surface area (Å²) in [5.41, 5.74) is 0. The van der Waals surface area contributed by atoms with Crippen molar-refractivity contribution in [1.29, 1.82) is 0 Å². The molecule has 0 unspecified atom stereocenters. The summed E-state index contributed by atoms with van der Waals surface area (Å²) < 4.78 is 9.81. The molecule has 0 radical (unpaired) electrons. The van der Waals surface area contributed by atoms with Crippen molar-refractivity contribution < 1.29 is 14.3 Å². The lowest BCUT2D eigenvalue weighted by atomic mass is 10.0. The van der Waals surface area contributed by atoms with Gasteiger partial charge in [0, 0.05) is 20.2 Å². The molecule has 106 valence electrons. The first-order valence-corrected chi connectivity index (χ1v) is 7.04. The highest BCUT2D eigenvalue weighted by atomic mass is 16.5. The van der Waals surface area contributed by atoms with Crippen LogP contribution >= 0.6 is 0 Å². The van der Waals surface area contributed by atoms with Crippen molar-refractivity contribution in [2.45, 2.75) is 38.5 Å². The van der Waals surface area contributed by atoms with Gasteiger partial charge < -0.3 is 14.4 Å². The Morgan fingerprint density at radius 3 is 2.50 bits per heavy atom. The highest BCUT2D eigenvalue weighted by molar-refractivity contribution is 5.69. The van der Waals surface area contributed by atoms with Gasteiger partial charge in [0.25, 0.3) is 0 Å². The van der Waals surface area contributed by atoms with Crippen LogP contribution in [0.4, 0.5) is 0 Å². The van der Waals surface area contributed by atoms with Gasteiger partial charge in [-0.1, -0.05) is 25.7 Å². The Hall–Kier alpha value is -0.610. The minimum atomic E-state index is -0.127. The largest absolute Gasteiger partial charge is 0.469 e. The number of carbonyl (C=O) groups is 1. The highest BCUT2D eigenvalue weighted by Gasteiger charge is 2.16. The van der Waals surface area contributed by atoms with Gasteiger partial charge >= 0.3 is 5.97 Å². The van der Waals surface area contributed by atoms with Crippen LogP contribution in [0, 0.1) is 5.92 Å². The van der Waals surface area contributed by atoms with Crippen molar-refractivity contribution in [3.05, 3.63) is 0 Å². The fraction of sp³-hybridized carbons (Fsp3) is 0.929. The molecule has 0 saturated heterocycles. The second-order valence-corrected chi connectivity index (χ2v) is 5.10. The summed E-state index contributed by atoms with van der Waals surface area (Å²) in [6.07, 6.45) is 7.29. The highest BCUT2D eigenvalue weighted by Crippen LogP contribution is 2.27. The number of hydrogen-bond donors (Lipinski definition) is 0. The predicted octanol–water partition coefficient (Wildman–Crippen LogP) is 2.08. The first-order valence-electron chi connectivity index (χ1n) is 7.04. The summed E-state index contributed by atoms with van der Waals surface area (Å²) in [7, 11) is 3.16. The molecule has 1 rings (SSSR count). The van der Waals surface area contributed by atoms with Crippen molar-refractivity contribution in [3.8, 4) is 0 Å². The molecule has 1 aliphatic carbocycles. The van der Waals surface area contributed by atoms with Crippen LogP contribution < -0.4 is 0 Å². The number of ether oxygens (including phenoxy) is 2. The lowest BCUT2D eigenvalue weighted by molar-refractivity contribution is -0.141. The minimum Gasteiger partial charge on any atom is -0.469 e. The summed E-state index contributed by atoms with van der Waals surface area (Å²) in [5, 5.41) is 0. The van der Waals surface area contributed by atoms with Crippen molar-refractivity contribution in [2.24, 2.45) is 5.92 Å². The zero-order valence-electron chi connectivity index (χ0n) is 11.8. The van der Waals surface area contributed by atoms with Crippen molar-refractivity contribution in [3.63, 3.8) is 0 Å². The Balaban J connectivity index is 2.22. The van der Waals surface area contributed by atoms with E-state index in [9.17, 15) is 4.79 Å². The molecule has 4 nitrogen and oxygen atoms in total. The topological polar surface area (TPSA) is 38.8 Å². The van der Waals surface area contributed by atoms with Crippen LogP contribution in [0.3, 0.4) is 0 Å². The number of rotatable bonds is 9. The molecular formula is C14H27NO3. The first kappa shape index (κ1) is 15.4. The van der Waals surface area contributed by atoms with Gasteiger partial charge in [0.1, 0.15) is 0 Å². The number of hydrogen-bond acceptors (Lipinski definition) is 4. The minimum absolute atomic E-state index is 0.127. The maximum absolute atomic E-state index is 11.2. The molecule has 1 saturated carbocycles. The number of nitrogens with zero attached hydrogens (tertiary/aromatic N) is 1. The quantitative estimate of drug-likeness (QED) is 0.593. The van der Waals surface area contributed by atoms with Gasteiger partial charge in [0.05, 0.1) is 20.1 Å². The Kier molecular flexibility index (Phi) is 8.01. The lowest BCUT2D eigenvalue weighted by Gasteiger charge is -2.23. The normalized spacial score (nSPS) is 16.4. The average molecular weight is 257 g/mol. The summed E-state index contributed by atoms with van der Waals surface area (Å²) in [5.74, 6) is 0.770. The standard InChI is InChI=1S/C14H27NO3/c1-17-12-11-15(10-8-14(16)18-2)9-7-13-5-3-4-6-13/h13H,3-12H2,1-2H3. The molecule has 0 aromatic heterocycles. The van der Waals surface area contributed by atoms with Gasteiger partial charge in [-0.25, -0.2) is 0 Å². The van der Waals surface area contributed by atoms with Gasteiger partial charge in [-0.3, -0.25) is 4.79 Å². The molecule has 0 amide bonds. The first-order chi connectivity index (χ1) is 8.76. The monoisotopic (exact) mass is 257 g/mol. The van der Waals surface area contributed by atoms with Crippen LogP contribution in [0.2, 0.25) is 0 Å². The van der Waals surface area contributed by atoms with E-state index in [4.69, 9.17) is 4.74 Å². The van der Waals surface area contributed by atoms with Gasteiger partial charge in [-0.15, -0.1) is 0 Å². The van der Waals surface area contributed by atoms with E-state index in [1.807, 2.05) is 0 Å². The number of esters is 1. The zero-order valence-corrected chi connectivity index (χ0v) is 11.8. The molecular weight excluding hydrogens is 230 g/mol. The Bertz CT molecular complexity index is 227. The summed E-state index contributed by atoms with van der Waals surface area (Å²) in [6.45, 7) is 3.49. The fourth-order valence-electron chi connectivity index (χ4n) is 2.57. The molecule has 0 atom stereocenters. The lowest BCUT2D eigenvalue weighted by Crippen LogP contribution is -2.31. The molecule has 0 heterocycles. The van der Waals surface area contributed by atoms with E-state index in [1.54, 1.807) is 7.11 Å². The van der Waals surface area contributed by atoms with Crippen LogP contribution in [-0.4, -0.2) is 51.3 Å². The summed E-state index contributed by atoms with van der Waals surface area (Å²) >= 11 is 0. The number of methoxy groups -OCH3 is 2. The molecule has 0 spiro atoms. The molecule has 18 heavy (non-hydrogen) atoms. The third-order valence-corrected chi connectivity index (χ3v) is 3.80. The Morgan fingerprint density at radius 2 is 1.89 bits per heavy atom. The Morgan fingerprint density at radius 1 is 1.17 bits per heavy atom. The van der Waals surface area contributed by atoms with Crippen molar-refractivity contribution in [2.75, 3.05) is 40.5 Å². The fourth-order valence-corrected chi connectivity index (χ4v) is 2.57. The second kappa shape index (κ2) is 9.34. The summed E-state index contributed by atoms with van der Waals surface area (Å²) in [4.78, 5) is 13.5. The van der Waals surface area contributed by atoms with Crippen LogP contribution in [0.15, 0.2) is 0 Å². The predicted molar refractivity (Wildman–Crippen MR) is 71.5 cm³/mol. The maximum Gasteiger partial charge on any atom is 0.306 e. The molecule has 1 fully saturated rings. The SMILES string of the molecule is COCCN(CCC(=O)OC)CCC1CCCC1. The molecule has 0 N–H and O–H groups in total. The van der Waals surface area contributed by atoms with Crippen LogP contribution in [0.25, 0.3) is 0 Å².